The number of hydrogen-bond donors (Lipinski definition) is 2. The lowest BCUT2D eigenvalue weighted by molar-refractivity contribution is 0.0953. The molecule has 0 spiro atoms. The first-order valence-corrected chi connectivity index (χ1v) is 10.8. The summed E-state index contributed by atoms with van der Waals surface area (Å²) < 4.78 is 30.7. The first kappa shape index (κ1) is 20.8. The monoisotopic (exact) mass is 390 g/mol. The van der Waals surface area contributed by atoms with Gasteiger partial charge in [0, 0.05) is 17.8 Å². The van der Waals surface area contributed by atoms with Crippen molar-refractivity contribution in [2.45, 2.75) is 26.2 Å². The lowest BCUT2D eigenvalue weighted by atomic mass is 10.1. The molecule has 0 saturated heterocycles. The summed E-state index contributed by atoms with van der Waals surface area (Å²) >= 11 is 0. The van der Waals surface area contributed by atoms with Gasteiger partial charge in [0.2, 0.25) is 10.0 Å². The molecule has 6 nitrogen and oxygen atoms in total. The molecule has 7 heteroatoms. The second kappa shape index (κ2) is 9.97. The van der Waals surface area contributed by atoms with E-state index in [0.29, 0.717) is 24.4 Å². The van der Waals surface area contributed by atoms with E-state index in [0.717, 1.165) is 36.8 Å². The highest BCUT2D eigenvalue weighted by Gasteiger charge is 2.08. The molecule has 0 atom stereocenters. The lowest BCUT2D eigenvalue weighted by Gasteiger charge is -2.11. The van der Waals surface area contributed by atoms with E-state index < -0.39 is 10.0 Å². The first-order chi connectivity index (χ1) is 12.9. The Bertz CT molecular complexity index is 866. The Balaban J connectivity index is 1.86. The number of ether oxygens (including phenoxy) is 1. The topological polar surface area (TPSA) is 84.5 Å². The average Bonchev–Trinajstić information content (AvgIpc) is 2.63. The summed E-state index contributed by atoms with van der Waals surface area (Å²) in [6.45, 7) is 3.27. The van der Waals surface area contributed by atoms with Crippen molar-refractivity contribution in [3.05, 3.63) is 59.7 Å². The van der Waals surface area contributed by atoms with Gasteiger partial charge in [0.05, 0.1) is 12.9 Å². The van der Waals surface area contributed by atoms with E-state index in [4.69, 9.17) is 4.74 Å². The molecule has 2 rings (SSSR count). The lowest BCUT2D eigenvalue weighted by Crippen LogP contribution is -2.25. The largest absolute Gasteiger partial charge is 0.493 e. The zero-order chi connectivity index (χ0) is 19.7. The van der Waals surface area contributed by atoms with E-state index in [1.165, 1.54) is 6.07 Å². The van der Waals surface area contributed by atoms with Crippen LogP contribution in [-0.2, 0) is 16.4 Å². The molecule has 27 heavy (non-hydrogen) atoms. The molecule has 2 N–H and O–H groups in total. The number of aryl methyl sites for hydroxylation is 1. The van der Waals surface area contributed by atoms with Crippen LogP contribution in [0.1, 0.15) is 35.7 Å². The minimum Gasteiger partial charge on any atom is -0.493 e. The van der Waals surface area contributed by atoms with Crippen LogP contribution >= 0.6 is 0 Å². The van der Waals surface area contributed by atoms with Crippen molar-refractivity contribution in [1.82, 2.24) is 5.32 Å². The summed E-state index contributed by atoms with van der Waals surface area (Å²) in [5, 5.41) is 2.86. The molecule has 0 radical (unpaired) electrons. The second-order valence-electron chi connectivity index (χ2n) is 6.27. The molecule has 2 aromatic carbocycles. The van der Waals surface area contributed by atoms with Crippen LogP contribution in [0.3, 0.4) is 0 Å². The molecule has 1 amide bonds. The van der Waals surface area contributed by atoms with Gasteiger partial charge in [-0.25, -0.2) is 8.42 Å². The van der Waals surface area contributed by atoms with Crippen LogP contribution in [0.15, 0.2) is 48.5 Å². The minimum absolute atomic E-state index is 0.234. The van der Waals surface area contributed by atoms with Gasteiger partial charge >= 0.3 is 0 Å². The number of nitrogens with one attached hydrogen (secondary N) is 2. The number of amides is 1. The molecular weight excluding hydrogens is 364 g/mol. The zero-order valence-corrected chi connectivity index (χ0v) is 16.5. The van der Waals surface area contributed by atoms with Crippen LogP contribution in [0.2, 0.25) is 0 Å². The van der Waals surface area contributed by atoms with Gasteiger partial charge in [0.25, 0.3) is 5.91 Å². The van der Waals surface area contributed by atoms with E-state index in [9.17, 15) is 13.2 Å². The summed E-state index contributed by atoms with van der Waals surface area (Å²) in [5.41, 5.74) is 1.90. The van der Waals surface area contributed by atoms with Gasteiger partial charge in [-0.3, -0.25) is 9.52 Å². The number of anilines is 1. The van der Waals surface area contributed by atoms with Crippen molar-refractivity contribution >= 4 is 21.6 Å². The standard InChI is InChI=1S/C20H26N2O4S/c1-3-14-26-19-12-5-4-8-16(19)10-7-13-21-20(23)17-9-6-11-18(15-17)22-27(2,24)25/h4-6,8-9,11-12,15,22H,3,7,10,13-14H2,1-2H3,(H,21,23). The fraction of sp³-hybridized carbons (Fsp3) is 0.350. The van der Waals surface area contributed by atoms with Crippen LogP contribution in [-0.4, -0.2) is 33.7 Å². The van der Waals surface area contributed by atoms with E-state index in [1.54, 1.807) is 18.2 Å². The molecule has 0 aliphatic heterocycles. The third kappa shape index (κ3) is 7.30. The SMILES string of the molecule is CCCOc1ccccc1CCCNC(=O)c1cccc(NS(C)(=O)=O)c1. The molecule has 0 bridgehead atoms. The Hall–Kier alpha value is -2.54. The number of carbonyl (C=O) groups excluding carboxylic acids is 1. The van der Waals surface area contributed by atoms with Crippen LogP contribution in [0.5, 0.6) is 5.75 Å². The molecule has 0 aliphatic carbocycles. The number of sulfonamides is 1. The molecule has 0 heterocycles. The third-order valence-corrected chi connectivity index (χ3v) is 4.38. The summed E-state index contributed by atoms with van der Waals surface area (Å²) in [6.07, 6.45) is 3.61. The van der Waals surface area contributed by atoms with Gasteiger partial charge in [0.1, 0.15) is 5.75 Å². The zero-order valence-electron chi connectivity index (χ0n) is 15.7. The number of carbonyl (C=O) groups is 1. The maximum absolute atomic E-state index is 12.3. The van der Waals surface area contributed by atoms with E-state index in [2.05, 4.69) is 17.0 Å². The van der Waals surface area contributed by atoms with Crippen molar-refractivity contribution in [3.63, 3.8) is 0 Å². The van der Waals surface area contributed by atoms with E-state index >= 15 is 0 Å². The fourth-order valence-electron chi connectivity index (χ4n) is 2.58. The van der Waals surface area contributed by atoms with Crippen molar-refractivity contribution in [2.24, 2.45) is 0 Å². The fourth-order valence-corrected chi connectivity index (χ4v) is 3.14. The van der Waals surface area contributed by atoms with Crippen LogP contribution < -0.4 is 14.8 Å². The highest BCUT2D eigenvalue weighted by molar-refractivity contribution is 7.92. The maximum Gasteiger partial charge on any atom is 0.251 e. The summed E-state index contributed by atoms with van der Waals surface area (Å²) in [5.74, 6) is 0.660. The summed E-state index contributed by atoms with van der Waals surface area (Å²) in [4.78, 5) is 12.3. The summed E-state index contributed by atoms with van der Waals surface area (Å²) in [7, 11) is -3.38. The quantitative estimate of drug-likeness (QED) is 0.610. The van der Waals surface area contributed by atoms with Crippen LogP contribution in [0.4, 0.5) is 5.69 Å². The molecule has 0 saturated carbocycles. The minimum atomic E-state index is -3.38. The molecule has 146 valence electrons. The van der Waals surface area contributed by atoms with E-state index in [-0.39, 0.29) is 5.91 Å². The smallest absolute Gasteiger partial charge is 0.251 e. The molecule has 0 aromatic heterocycles. The molecule has 0 fully saturated rings. The van der Waals surface area contributed by atoms with Crippen molar-refractivity contribution in [1.29, 1.82) is 0 Å². The second-order valence-corrected chi connectivity index (χ2v) is 8.02. The predicted molar refractivity (Wildman–Crippen MR) is 108 cm³/mol. The Kier molecular flexibility index (Phi) is 7.67. The number of rotatable bonds is 10. The predicted octanol–water partition coefficient (Wildman–Crippen LogP) is 3.21. The van der Waals surface area contributed by atoms with Gasteiger partial charge < -0.3 is 10.1 Å². The number of para-hydroxylation sites is 1. The van der Waals surface area contributed by atoms with Crippen LogP contribution in [0, 0.1) is 0 Å². The highest BCUT2D eigenvalue weighted by Crippen LogP contribution is 2.19. The van der Waals surface area contributed by atoms with Gasteiger partial charge in [-0.2, -0.15) is 0 Å². The average molecular weight is 391 g/mol. The third-order valence-electron chi connectivity index (χ3n) is 3.77. The number of hydrogen-bond acceptors (Lipinski definition) is 4. The molecule has 0 unspecified atom stereocenters. The van der Waals surface area contributed by atoms with Crippen LogP contribution in [0.25, 0.3) is 0 Å². The molecular formula is C20H26N2O4S. The van der Waals surface area contributed by atoms with E-state index in [1.807, 2.05) is 24.3 Å². The molecule has 2 aromatic rings. The normalized spacial score (nSPS) is 11.0. The number of benzene rings is 2. The Morgan fingerprint density at radius 2 is 1.89 bits per heavy atom. The van der Waals surface area contributed by atoms with Crippen molar-refractivity contribution in [2.75, 3.05) is 24.1 Å². The Morgan fingerprint density at radius 1 is 1.11 bits per heavy atom. The summed E-state index contributed by atoms with van der Waals surface area (Å²) in [6, 6.07) is 14.3. The molecule has 0 aliphatic rings. The van der Waals surface area contributed by atoms with Crippen molar-refractivity contribution < 1.29 is 17.9 Å². The van der Waals surface area contributed by atoms with Gasteiger partial charge in [-0.05, 0) is 49.1 Å². The maximum atomic E-state index is 12.3. The highest BCUT2D eigenvalue weighted by atomic mass is 32.2. The van der Waals surface area contributed by atoms with Gasteiger partial charge in [-0.15, -0.1) is 0 Å². The van der Waals surface area contributed by atoms with Gasteiger partial charge in [-0.1, -0.05) is 31.2 Å². The van der Waals surface area contributed by atoms with Gasteiger partial charge in [0.15, 0.2) is 0 Å². The Morgan fingerprint density at radius 3 is 2.63 bits per heavy atom. The van der Waals surface area contributed by atoms with Crippen molar-refractivity contribution in [3.8, 4) is 5.75 Å². The first-order valence-electron chi connectivity index (χ1n) is 8.96. The Labute approximate surface area is 161 Å².